The number of amides is 2. The summed E-state index contributed by atoms with van der Waals surface area (Å²) in [5.74, 6) is -0.521. The number of carbonyl (C=O) groups is 2. The number of aryl methyl sites for hydroxylation is 1. The lowest BCUT2D eigenvalue weighted by Gasteiger charge is -2.16. The topological polar surface area (TPSA) is 92.2 Å². The lowest BCUT2D eigenvalue weighted by molar-refractivity contribution is -0.121. The van der Waals surface area contributed by atoms with Gasteiger partial charge in [0.05, 0.1) is 6.04 Å². The minimum absolute atomic E-state index is 0.0715. The summed E-state index contributed by atoms with van der Waals surface area (Å²) in [6.45, 7) is 4.21. The summed E-state index contributed by atoms with van der Waals surface area (Å²) in [5.41, 5.74) is 1.75. The smallest absolute Gasteiger partial charge is 0.274 e. The van der Waals surface area contributed by atoms with Gasteiger partial charge >= 0.3 is 0 Å². The fourth-order valence-electron chi connectivity index (χ4n) is 3.02. The van der Waals surface area contributed by atoms with Crippen LogP contribution in [-0.2, 0) is 29.0 Å². The molecule has 1 aromatic heterocycles. The minimum atomic E-state index is -0.432. The Morgan fingerprint density at radius 3 is 2.47 bits per heavy atom. The summed E-state index contributed by atoms with van der Waals surface area (Å²) in [6, 6.07) is 12.9. The van der Waals surface area contributed by atoms with Crippen molar-refractivity contribution in [2.45, 2.75) is 52.1 Å². The van der Waals surface area contributed by atoms with Crippen molar-refractivity contribution in [2.75, 3.05) is 18.9 Å². The van der Waals surface area contributed by atoms with Crippen molar-refractivity contribution in [1.29, 1.82) is 0 Å². The number of aromatic nitrogens is 1. The first kappa shape index (κ1) is 23.3. The van der Waals surface area contributed by atoms with Crippen LogP contribution in [0.15, 0.2) is 47.3 Å². The Labute approximate surface area is 177 Å². The molecule has 0 spiro atoms. The zero-order valence-corrected chi connectivity index (χ0v) is 18.0. The second-order valence-electron chi connectivity index (χ2n) is 7.32. The van der Waals surface area contributed by atoms with Crippen LogP contribution >= 0.6 is 0 Å². The van der Waals surface area contributed by atoms with E-state index in [0.29, 0.717) is 13.0 Å². The van der Waals surface area contributed by atoms with E-state index < -0.39 is 6.04 Å². The molecule has 1 unspecified atom stereocenters. The van der Waals surface area contributed by atoms with Gasteiger partial charge in [-0.15, -0.1) is 0 Å². The fourth-order valence-corrected chi connectivity index (χ4v) is 3.02. The molecule has 0 saturated carbocycles. The molecular formula is C23H32N4O3. The molecule has 1 aromatic carbocycles. The van der Waals surface area contributed by atoms with E-state index in [1.54, 1.807) is 20.0 Å². The molecule has 2 rings (SSSR count). The lowest BCUT2D eigenvalue weighted by atomic mass is 10.1. The third kappa shape index (κ3) is 6.84. The number of hydrogen-bond acceptors (Lipinski definition) is 4. The molecule has 1 atom stereocenters. The van der Waals surface area contributed by atoms with Crippen LogP contribution in [0.2, 0.25) is 0 Å². The second kappa shape index (κ2) is 11.9. The minimum Gasteiger partial charge on any atom is -0.354 e. The van der Waals surface area contributed by atoms with Gasteiger partial charge in [0.1, 0.15) is 12.2 Å². The van der Waals surface area contributed by atoms with Crippen LogP contribution in [-0.4, -0.2) is 36.0 Å². The highest BCUT2D eigenvalue weighted by Crippen LogP contribution is 2.09. The monoisotopic (exact) mass is 412 g/mol. The molecule has 2 amide bonds. The molecule has 30 heavy (non-hydrogen) atoms. The maximum atomic E-state index is 13.0. The van der Waals surface area contributed by atoms with E-state index in [2.05, 4.69) is 22.9 Å². The van der Waals surface area contributed by atoms with E-state index >= 15 is 0 Å². The van der Waals surface area contributed by atoms with Gasteiger partial charge in [-0.25, -0.2) is 0 Å². The summed E-state index contributed by atoms with van der Waals surface area (Å²) in [5, 5.41) is 8.38. The number of hydrogen-bond donors (Lipinski definition) is 3. The zero-order chi connectivity index (χ0) is 21.9. The maximum absolute atomic E-state index is 13.0. The van der Waals surface area contributed by atoms with Gasteiger partial charge in [0.15, 0.2) is 0 Å². The highest BCUT2D eigenvalue weighted by atomic mass is 16.2. The van der Waals surface area contributed by atoms with Crippen LogP contribution in [0.4, 0.5) is 5.69 Å². The van der Waals surface area contributed by atoms with Gasteiger partial charge in [-0.3, -0.25) is 14.4 Å². The number of benzene rings is 1. The lowest BCUT2D eigenvalue weighted by Crippen LogP contribution is -2.39. The van der Waals surface area contributed by atoms with Gasteiger partial charge in [0, 0.05) is 12.2 Å². The molecule has 1 heterocycles. The summed E-state index contributed by atoms with van der Waals surface area (Å²) >= 11 is 0. The molecular weight excluding hydrogens is 380 g/mol. The summed E-state index contributed by atoms with van der Waals surface area (Å²) in [4.78, 5) is 37.6. The molecule has 3 N–H and O–H groups in total. The third-order valence-corrected chi connectivity index (χ3v) is 5.02. The molecule has 0 saturated heterocycles. The summed E-state index contributed by atoms with van der Waals surface area (Å²) < 4.78 is 1.47. The van der Waals surface area contributed by atoms with Crippen LogP contribution in [0.3, 0.4) is 0 Å². The molecule has 0 aliphatic rings. The van der Waals surface area contributed by atoms with Crippen LogP contribution in [0.5, 0.6) is 0 Å². The van der Waals surface area contributed by atoms with Crippen molar-refractivity contribution >= 4 is 17.5 Å². The SMILES string of the molecule is CCCCc1ccc(NC(=O)C(C)NC)c(=O)n1CC(=O)NCCc1ccccc1. The number of unbranched alkanes of at least 4 members (excludes halogenated alkanes) is 1. The van der Waals surface area contributed by atoms with Crippen molar-refractivity contribution < 1.29 is 9.59 Å². The van der Waals surface area contributed by atoms with Gasteiger partial charge in [-0.1, -0.05) is 43.7 Å². The molecule has 7 heteroatoms. The molecule has 7 nitrogen and oxygen atoms in total. The van der Waals surface area contributed by atoms with E-state index in [0.717, 1.165) is 30.5 Å². The number of pyridine rings is 1. The van der Waals surface area contributed by atoms with E-state index in [4.69, 9.17) is 0 Å². The number of nitrogens with one attached hydrogen (secondary N) is 3. The Morgan fingerprint density at radius 1 is 1.07 bits per heavy atom. The van der Waals surface area contributed by atoms with Crippen molar-refractivity contribution in [3.05, 3.63) is 64.1 Å². The highest BCUT2D eigenvalue weighted by molar-refractivity contribution is 5.94. The van der Waals surface area contributed by atoms with Crippen LogP contribution in [0.25, 0.3) is 0 Å². The first-order valence-corrected chi connectivity index (χ1v) is 10.5. The van der Waals surface area contributed by atoms with Gasteiger partial charge in [0.25, 0.3) is 5.56 Å². The van der Waals surface area contributed by atoms with Gasteiger partial charge in [-0.05, 0) is 50.9 Å². The first-order valence-electron chi connectivity index (χ1n) is 10.5. The quantitative estimate of drug-likeness (QED) is 0.527. The molecule has 0 fully saturated rings. The molecule has 0 aliphatic carbocycles. The fraction of sp³-hybridized carbons (Fsp3) is 0.435. The van der Waals surface area contributed by atoms with Gasteiger partial charge in [0.2, 0.25) is 11.8 Å². The van der Waals surface area contributed by atoms with Crippen LogP contribution in [0, 0.1) is 0 Å². The number of carbonyl (C=O) groups excluding carboxylic acids is 2. The van der Waals surface area contributed by atoms with Gasteiger partial charge in [-0.2, -0.15) is 0 Å². The number of nitrogens with zero attached hydrogens (tertiary/aromatic N) is 1. The Hall–Kier alpha value is -2.93. The van der Waals surface area contributed by atoms with E-state index in [-0.39, 0.29) is 29.6 Å². The molecule has 0 radical (unpaired) electrons. The standard InChI is InChI=1S/C23H32N4O3/c1-4-5-11-19-12-13-20(26-22(29)17(2)24-3)23(30)27(19)16-21(28)25-15-14-18-9-7-6-8-10-18/h6-10,12-13,17,24H,4-5,11,14-16H2,1-3H3,(H,25,28)(H,26,29). The number of anilines is 1. The third-order valence-electron chi connectivity index (χ3n) is 5.02. The Balaban J connectivity index is 2.11. The Kier molecular flexibility index (Phi) is 9.28. The van der Waals surface area contributed by atoms with Crippen molar-refractivity contribution in [2.24, 2.45) is 0 Å². The molecule has 0 aliphatic heterocycles. The normalized spacial score (nSPS) is 11.7. The summed E-state index contributed by atoms with van der Waals surface area (Å²) in [7, 11) is 1.68. The Bertz CT molecular complexity index is 893. The van der Waals surface area contributed by atoms with E-state index in [1.807, 2.05) is 36.4 Å². The van der Waals surface area contributed by atoms with Gasteiger partial charge < -0.3 is 20.5 Å². The number of likely N-dealkylation sites (N-methyl/N-ethyl adjacent to an activating group) is 1. The molecule has 162 valence electrons. The Morgan fingerprint density at radius 2 is 1.80 bits per heavy atom. The predicted molar refractivity (Wildman–Crippen MR) is 120 cm³/mol. The molecule has 0 bridgehead atoms. The highest BCUT2D eigenvalue weighted by Gasteiger charge is 2.16. The van der Waals surface area contributed by atoms with Crippen LogP contribution in [0.1, 0.15) is 37.9 Å². The average molecular weight is 413 g/mol. The zero-order valence-electron chi connectivity index (χ0n) is 18.0. The van der Waals surface area contributed by atoms with Crippen molar-refractivity contribution in [1.82, 2.24) is 15.2 Å². The molecule has 2 aromatic rings. The van der Waals surface area contributed by atoms with E-state index in [9.17, 15) is 14.4 Å². The second-order valence-corrected chi connectivity index (χ2v) is 7.32. The summed E-state index contributed by atoms with van der Waals surface area (Å²) in [6.07, 6.45) is 3.32. The first-order chi connectivity index (χ1) is 14.5. The van der Waals surface area contributed by atoms with Crippen LogP contribution < -0.4 is 21.5 Å². The number of rotatable bonds is 11. The predicted octanol–water partition coefficient (Wildman–Crippen LogP) is 2.10. The maximum Gasteiger partial charge on any atom is 0.274 e. The average Bonchev–Trinajstić information content (AvgIpc) is 2.75. The van der Waals surface area contributed by atoms with Crippen molar-refractivity contribution in [3.63, 3.8) is 0 Å². The van der Waals surface area contributed by atoms with E-state index in [1.165, 1.54) is 4.57 Å². The largest absolute Gasteiger partial charge is 0.354 e. The van der Waals surface area contributed by atoms with Crippen molar-refractivity contribution in [3.8, 4) is 0 Å².